The SMILES string of the molecule is COc1ccc(C#N)cc1Cn1c(C)nc(C)cc1=O. The van der Waals surface area contributed by atoms with Crippen LogP contribution < -0.4 is 10.3 Å². The van der Waals surface area contributed by atoms with Gasteiger partial charge >= 0.3 is 0 Å². The molecule has 1 aromatic carbocycles. The van der Waals surface area contributed by atoms with E-state index in [9.17, 15) is 4.79 Å². The summed E-state index contributed by atoms with van der Waals surface area (Å²) in [5.74, 6) is 1.29. The number of nitrogens with zero attached hydrogens (tertiary/aromatic N) is 3. The smallest absolute Gasteiger partial charge is 0.254 e. The minimum atomic E-state index is -0.112. The summed E-state index contributed by atoms with van der Waals surface area (Å²) in [6, 6.07) is 8.72. The molecular formula is C15H15N3O2. The van der Waals surface area contributed by atoms with Crippen molar-refractivity contribution in [3.63, 3.8) is 0 Å². The summed E-state index contributed by atoms with van der Waals surface area (Å²) in [5, 5.41) is 8.97. The van der Waals surface area contributed by atoms with Gasteiger partial charge in [0.05, 0.1) is 25.3 Å². The third kappa shape index (κ3) is 2.69. The molecule has 0 amide bonds. The maximum absolute atomic E-state index is 12.0. The number of methoxy groups -OCH3 is 1. The third-order valence-corrected chi connectivity index (χ3v) is 3.07. The number of benzene rings is 1. The summed E-state index contributed by atoms with van der Waals surface area (Å²) in [7, 11) is 1.56. The normalized spacial score (nSPS) is 10.1. The highest BCUT2D eigenvalue weighted by molar-refractivity contribution is 5.42. The maximum Gasteiger partial charge on any atom is 0.254 e. The first-order valence-electron chi connectivity index (χ1n) is 6.17. The van der Waals surface area contributed by atoms with Crippen LogP contribution in [0.2, 0.25) is 0 Å². The Labute approximate surface area is 117 Å². The van der Waals surface area contributed by atoms with Crippen LogP contribution in [0, 0.1) is 25.2 Å². The van der Waals surface area contributed by atoms with Crippen LogP contribution in [0.25, 0.3) is 0 Å². The molecule has 0 spiro atoms. The lowest BCUT2D eigenvalue weighted by molar-refractivity contribution is 0.407. The molecular weight excluding hydrogens is 254 g/mol. The summed E-state index contributed by atoms with van der Waals surface area (Å²) in [4.78, 5) is 16.3. The van der Waals surface area contributed by atoms with Crippen molar-refractivity contribution in [2.45, 2.75) is 20.4 Å². The fourth-order valence-corrected chi connectivity index (χ4v) is 2.10. The number of aromatic nitrogens is 2. The van der Waals surface area contributed by atoms with E-state index in [-0.39, 0.29) is 5.56 Å². The van der Waals surface area contributed by atoms with Gasteiger partial charge in [-0.25, -0.2) is 4.98 Å². The van der Waals surface area contributed by atoms with E-state index >= 15 is 0 Å². The highest BCUT2D eigenvalue weighted by atomic mass is 16.5. The van der Waals surface area contributed by atoms with Crippen LogP contribution in [0.3, 0.4) is 0 Å². The molecule has 0 N–H and O–H groups in total. The van der Waals surface area contributed by atoms with Crippen molar-refractivity contribution in [1.82, 2.24) is 9.55 Å². The van der Waals surface area contributed by atoms with E-state index in [4.69, 9.17) is 10.00 Å². The number of nitriles is 1. The molecule has 2 rings (SSSR count). The van der Waals surface area contributed by atoms with Gasteiger partial charge in [0, 0.05) is 17.3 Å². The fraction of sp³-hybridized carbons (Fsp3) is 0.267. The maximum atomic E-state index is 12.0. The van der Waals surface area contributed by atoms with Gasteiger partial charge < -0.3 is 4.74 Å². The first-order valence-corrected chi connectivity index (χ1v) is 6.17. The molecule has 5 heteroatoms. The van der Waals surface area contributed by atoms with Gasteiger partial charge in [0.2, 0.25) is 0 Å². The largest absolute Gasteiger partial charge is 0.496 e. The second-order valence-corrected chi connectivity index (χ2v) is 4.51. The molecule has 0 aliphatic heterocycles. The monoisotopic (exact) mass is 269 g/mol. The second kappa shape index (κ2) is 5.57. The van der Waals surface area contributed by atoms with Crippen LogP contribution in [0.1, 0.15) is 22.6 Å². The van der Waals surface area contributed by atoms with Gasteiger partial charge in [0.1, 0.15) is 11.6 Å². The molecule has 0 unspecified atom stereocenters. The molecule has 0 aliphatic carbocycles. The average Bonchev–Trinajstić information content (AvgIpc) is 2.42. The standard InChI is InChI=1S/C15H15N3O2/c1-10-6-15(19)18(11(2)17-10)9-13-7-12(8-16)4-5-14(13)20-3/h4-7H,9H2,1-3H3. The highest BCUT2D eigenvalue weighted by Gasteiger charge is 2.09. The predicted molar refractivity (Wildman–Crippen MR) is 74.8 cm³/mol. The number of hydrogen-bond donors (Lipinski definition) is 0. The molecule has 102 valence electrons. The molecule has 0 saturated heterocycles. The Hall–Kier alpha value is -2.61. The van der Waals surface area contributed by atoms with Gasteiger partial charge in [0.15, 0.2) is 0 Å². The van der Waals surface area contributed by atoms with Crippen LogP contribution in [0.5, 0.6) is 5.75 Å². The Balaban J connectivity index is 2.50. The molecule has 1 heterocycles. The zero-order valence-corrected chi connectivity index (χ0v) is 11.7. The van der Waals surface area contributed by atoms with Gasteiger partial charge in [-0.2, -0.15) is 5.26 Å². The lowest BCUT2D eigenvalue weighted by Gasteiger charge is -2.13. The van der Waals surface area contributed by atoms with Gasteiger partial charge in [-0.1, -0.05) is 0 Å². The number of hydrogen-bond acceptors (Lipinski definition) is 4. The molecule has 0 bridgehead atoms. The summed E-state index contributed by atoms with van der Waals surface area (Å²) < 4.78 is 6.84. The van der Waals surface area contributed by atoms with Crippen molar-refractivity contribution in [2.24, 2.45) is 0 Å². The first-order chi connectivity index (χ1) is 9.55. The number of rotatable bonds is 3. The van der Waals surface area contributed by atoms with Crippen molar-refractivity contribution >= 4 is 0 Å². The van der Waals surface area contributed by atoms with E-state index in [1.807, 2.05) is 0 Å². The Morgan fingerprint density at radius 2 is 2.10 bits per heavy atom. The lowest BCUT2D eigenvalue weighted by Crippen LogP contribution is -2.24. The van der Waals surface area contributed by atoms with Crippen LogP contribution in [0.4, 0.5) is 0 Å². The zero-order valence-electron chi connectivity index (χ0n) is 11.7. The summed E-state index contributed by atoms with van der Waals surface area (Å²) >= 11 is 0. The molecule has 5 nitrogen and oxygen atoms in total. The molecule has 20 heavy (non-hydrogen) atoms. The van der Waals surface area contributed by atoms with Gasteiger partial charge in [-0.3, -0.25) is 9.36 Å². The van der Waals surface area contributed by atoms with Crippen molar-refractivity contribution < 1.29 is 4.74 Å². The van der Waals surface area contributed by atoms with Crippen molar-refractivity contribution in [3.8, 4) is 11.8 Å². The number of aryl methyl sites for hydroxylation is 2. The number of ether oxygens (including phenoxy) is 1. The van der Waals surface area contributed by atoms with Crippen LogP contribution >= 0.6 is 0 Å². The average molecular weight is 269 g/mol. The van der Waals surface area contributed by atoms with E-state index in [2.05, 4.69) is 11.1 Å². The Bertz CT molecular complexity index is 742. The van der Waals surface area contributed by atoms with E-state index in [0.29, 0.717) is 29.4 Å². The van der Waals surface area contributed by atoms with Crippen molar-refractivity contribution in [2.75, 3.05) is 7.11 Å². The van der Waals surface area contributed by atoms with Gasteiger partial charge in [0.25, 0.3) is 5.56 Å². The lowest BCUT2D eigenvalue weighted by atomic mass is 10.1. The first kappa shape index (κ1) is 13.8. The van der Waals surface area contributed by atoms with Crippen LogP contribution in [0.15, 0.2) is 29.1 Å². The van der Waals surface area contributed by atoms with E-state index in [0.717, 1.165) is 5.56 Å². The second-order valence-electron chi connectivity index (χ2n) is 4.51. The van der Waals surface area contributed by atoms with Crippen LogP contribution in [-0.2, 0) is 6.54 Å². The van der Waals surface area contributed by atoms with E-state index in [1.54, 1.807) is 43.7 Å². The topological polar surface area (TPSA) is 67.9 Å². The minimum absolute atomic E-state index is 0.112. The quantitative estimate of drug-likeness (QED) is 0.852. The van der Waals surface area contributed by atoms with E-state index < -0.39 is 0 Å². The third-order valence-electron chi connectivity index (χ3n) is 3.07. The highest BCUT2D eigenvalue weighted by Crippen LogP contribution is 2.20. The minimum Gasteiger partial charge on any atom is -0.496 e. The summed E-state index contributed by atoms with van der Waals surface area (Å²) in [5.41, 5.74) is 1.90. The van der Waals surface area contributed by atoms with Gasteiger partial charge in [-0.05, 0) is 32.0 Å². The van der Waals surface area contributed by atoms with Crippen molar-refractivity contribution in [3.05, 3.63) is 57.3 Å². The molecule has 1 aromatic heterocycles. The Morgan fingerprint density at radius 1 is 1.35 bits per heavy atom. The van der Waals surface area contributed by atoms with Crippen LogP contribution in [-0.4, -0.2) is 16.7 Å². The Kier molecular flexibility index (Phi) is 3.85. The zero-order chi connectivity index (χ0) is 14.7. The van der Waals surface area contributed by atoms with Gasteiger partial charge in [-0.15, -0.1) is 0 Å². The molecule has 2 aromatic rings. The molecule has 0 radical (unpaired) electrons. The predicted octanol–water partition coefficient (Wildman–Crippen LogP) is 1.79. The van der Waals surface area contributed by atoms with Crippen molar-refractivity contribution in [1.29, 1.82) is 5.26 Å². The molecule has 0 fully saturated rings. The molecule has 0 aliphatic rings. The molecule has 0 atom stereocenters. The van der Waals surface area contributed by atoms with E-state index in [1.165, 1.54) is 6.07 Å². The summed E-state index contributed by atoms with van der Waals surface area (Å²) in [6.45, 7) is 3.90. The Morgan fingerprint density at radius 3 is 2.70 bits per heavy atom. The fourth-order valence-electron chi connectivity index (χ4n) is 2.10. The molecule has 0 saturated carbocycles. The summed E-state index contributed by atoms with van der Waals surface area (Å²) in [6.07, 6.45) is 0.